The van der Waals surface area contributed by atoms with E-state index in [1.807, 2.05) is 6.07 Å². The number of carbonyl (C=O) groups excluding carboxylic acids is 1. The summed E-state index contributed by atoms with van der Waals surface area (Å²) < 4.78 is 0. The van der Waals surface area contributed by atoms with Gasteiger partial charge in [0.25, 0.3) is 0 Å². The molecule has 0 bridgehead atoms. The van der Waals surface area contributed by atoms with Gasteiger partial charge in [-0.15, -0.1) is 0 Å². The Morgan fingerprint density at radius 1 is 1.10 bits per heavy atom. The number of hydrogen-bond donors (Lipinski definition) is 1. The number of hydrogen-bond acceptors (Lipinski definition) is 1. The van der Waals surface area contributed by atoms with Crippen LogP contribution in [0.4, 0.5) is 0 Å². The number of amides is 1. The van der Waals surface area contributed by atoms with Crippen molar-refractivity contribution in [3.8, 4) is 0 Å². The molecule has 1 rings (SSSR count). The smallest absolute Gasteiger partial charge is 0.223 e. The predicted octanol–water partition coefficient (Wildman–Crippen LogP) is 4.34. The van der Waals surface area contributed by atoms with Gasteiger partial charge in [-0.2, -0.15) is 0 Å². The topological polar surface area (TPSA) is 29.1 Å². The summed E-state index contributed by atoms with van der Waals surface area (Å²) >= 11 is 0. The standard InChI is InChI=1S/C18H29NO/c1-3-5-14-17(4-2)18(20)19-15-10-9-13-16-11-7-6-8-12-16/h6-8,11-12,17H,3-5,9-10,13-15H2,1-2H3,(H,19,20). The maximum Gasteiger partial charge on any atom is 0.223 e. The number of unbranched alkanes of at least 4 members (excludes halogenated alkanes) is 2. The number of rotatable bonds is 10. The first-order valence-corrected chi connectivity index (χ1v) is 8.09. The zero-order valence-corrected chi connectivity index (χ0v) is 13.0. The van der Waals surface area contributed by atoms with Crippen molar-refractivity contribution in [2.45, 2.75) is 58.8 Å². The summed E-state index contributed by atoms with van der Waals surface area (Å²) in [4.78, 5) is 12.0. The van der Waals surface area contributed by atoms with Gasteiger partial charge in [-0.3, -0.25) is 4.79 Å². The van der Waals surface area contributed by atoms with Gasteiger partial charge >= 0.3 is 0 Å². The molecule has 1 aromatic rings. The molecule has 0 saturated carbocycles. The molecule has 0 saturated heterocycles. The molecule has 0 aromatic heterocycles. The minimum atomic E-state index is 0.212. The van der Waals surface area contributed by atoms with Crippen LogP contribution in [0.2, 0.25) is 0 Å². The van der Waals surface area contributed by atoms with Crippen molar-refractivity contribution in [1.29, 1.82) is 0 Å². The predicted molar refractivity (Wildman–Crippen MR) is 85.7 cm³/mol. The van der Waals surface area contributed by atoms with E-state index in [9.17, 15) is 4.79 Å². The second kappa shape index (κ2) is 10.5. The lowest BCUT2D eigenvalue weighted by molar-refractivity contribution is -0.125. The van der Waals surface area contributed by atoms with Crippen molar-refractivity contribution in [2.24, 2.45) is 5.92 Å². The second-order valence-electron chi connectivity index (χ2n) is 5.48. The normalized spacial score (nSPS) is 12.1. The minimum absolute atomic E-state index is 0.212. The van der Waals surface area contributed by atoms with E-state index in [1.165, 1.54) is 12.0 Å². The highest BCUT2D eigenvalue weighted by Gasteiger charge is 2.14. The second-order valence-corrected chi connectivity index (χ2v) is 5.48. The molecule has 0 heterocycles. The number of carbonyl (C=O) groups is 1. The van der Waals surface area contributed by atoms with Gasteiger partial charge < -0.3 is 5.32 Å². The van der Waals surface area contributed by atoms with Crippen LogP contribution in [-0.4, -0.2) is 12.5 Å². The van der Waals surface area contributed by atoms with Crippen molar-refractivity contribution in [3.05, 3.63) is 35.9 Å². The van der Waals surface area contributed by atoms with Gasteiger partial charge in [-0.05, 0) is 37.7 Å². The molecule has 1 N–H and O–H groups in total. The Hall–Kier alpha value is -1.31. The van der Waals surface area contributed by atoms with Gasteiger partial charge in [0, 0.05) is 12.5 Å². The van der Waals surface area contributed by atoms with Crippen LogP contribution < -0.4 is 5.32 Å². The Balaban J connectivity index is 2.12. The SMILES string of the molecule is CCCCC(CC)C(=O)NCCCCc1ccccc1. The molecule has 0 spiro atoms. The molecular formula is C18H29NO. The Bertz CT molecular complexity index is 361. The average Bonchev–Trinajstić information content (AvgIpc) is 2.48. The molecule has 0 fully saturated rings. The third-order valence-corrected chi connectivity index (χ3v) is 3.80. The first-order chi connectivity index (χ1) is 9.77. The van der Waals surface area contributed by atoms with Gasteiger partial charge in [-0.25, -0.2) is 0 Å². The van der Waals surface area contributed by atoms with Crippen molar-refractivity contribution < 1.29 is 4.79 Å². The lowest BCUT2D eigenvalue weighted by atomic mass is 9.98. The fourth-order valence-corrected chi connectivity index (χ4v) is 2.43. The van der Waals surface area contributed by atoms with Gasteiger partial charge in [0.05, 0.1) is 0 Å². The lowest BCUT2D eigenvalue weighted by Gasteiger charge is -2.14. The first kappa shape index (κ1) is 16.7. The number of nitrogens with one attached hydrogen (secondary N) is 1. The summed E-state index contributed by atoms with van der Waals surface area (Å²) in [5.74, 6) is 0.463. The van der Waals surface area contributed by atoms with Crippen LogP contribution in [0.1, 0.15) is 57.9 Å². The Labute approximate surface area is 124 Å². The molecule has 1 amide bonds. The molecule has 1 unspecified atom stereocenters. The first-order valence-electron chi connectivity index (χ1n) is 8.09. The van der Waals surface area contributed by atoms with E-state index in [4.69, 9.17) is 0 Å². The van der Waals surface area contributed by atoms with Crippen LogP contribution in [0.3, 0.4) is 0 Å². The summed E-state index contributed by atoms with van der Waals surface area (Å²) in [5.41, 5.74) is 1.38. The number of aryl methyl sites for hydroxylation is 1. The Morgan fingerprint density at radius 3 is 2.50 bits per heavy atom. The zero-order valence-electron chi connectivity index (χ0n) is 13.0. The van der Waals surface area contributed by atoms with Crippen molar-refractivity contribution in [2.75, 3.05) is 6.54 Å². The van der Waals surface area contributed by atoms with Crippen molar-refractivity contribution in [3.63, 3.8) is 0 Å². The van der Waals surface area contributed by atoms with Crippen LogP contribution in [0, 0.1) is 5.92 Å². The number of benzene rings is 1. The van der Waals surface area contributed by atoms with E-state index in [0.29, 0.717) is 0 Å². The summed E-state index contributed by atoms with van der Waals surface area (Å²) in [6.07, 6.45) is 7.60. The van der Waals surface area contributed by atoms with Crippen molar-refractivity contribution >= 4 is 5.91 Å². The molecule has 0 aliphatic carbocycles. The molecule has 20 heavy (non-hydrogen) atoms. The molecule has 2 nitrogen and oxygen atoms in total. The fourth-order valence-electron chi connectivity index (χ4n) is 2.43. The highest BCUT2D eigenvalue weighted by atomic mass is 16.1. The van der Waals surface area contributed by atoms with Crippen LogP contribution in [-0.2, 0) is 11.2 Å². The third kappa shape index (κ3) is 6.74. The highest BCUT2D eigenvalue weighted by molar-refractivity contribution is 5.78. The molecule has 2 heteroatoms. The molecular weight excluding hydrogens is 246 g/mol. The molecule has 112 valence electrons. The Morgan fingerprint density at radius 2 is 1.85 bits per heavy atom. The van der Waals surface area contributed by atoms with Crippen molar-refractivity contribution in [1.82, 2.24) is 5.32 Å². The lowest BCUT2D eigenvalue weighted by Crippen LogP contribution is -2.31. The van der Waals surface area contributed by atoms with E-state index in [-0.39, 0.29) is 11.8 Å². The highest BCUT2D eigenvalue weighted by Crippen LogP contribution is 2.12. The summed E-state index contributed by atoms with van der Waals surface area (Å²) in [6, 6.07) is 10.5. The molecule has 0 radical (unpaired) electrons. The fraction of sp³-hybridized carbons (Fsp3) is 0.611. The van der Waals surface area contributed by atoms with E-state index in [0.717, 1.165) is 45.1 Å². The maximum absolute atomic E-state index is 12.0. The van der Waals surface area contributed by atoms with Gasteiger partial charge in [0.1, 0.15) is 0 Å². The minimum Gasteiger partial charge on any atom is -0.356 e. The molecule has 1 atom stereocenters. The maximum atomic E-state index is 12.0. The van der Waals surface area contributed by atoms with E-state index >= 15 is 0 Å². The van der Waals surface area contributed by atoms with E-state index in [2.05, 4.69) is 43.4 Å². The zero-order chi connectivity index (χ0) is 14.6. The van der Waals surface area contributed by atoms with E-state index in [1.54, 1.807) is 0 Å². The molecule has 0 aliphatic heterocycles. The van der Waals surface area contributed by atoms with Crippen LogP contribution in [0.5, 0.6) is 0 Å². The summed E-state index contributed by atoms with van der Waals surface area (Å²) in [7, 11) is 0. The third-order valence-electron chi connectivity index (χ3n) is 3.80. The van der Waals surface area contributed by atoms with Crippen LogP contribution in [0.15, 0.2) is 30.3 Å². The largest absolute Gasteiger partial charge is 0.356 e. The average molecular weight is 275 g/mol. The van der Waals surface area contributed by atoms with Gasteiger partial charge in [0.2, 0.25) is 5.91 Å². The van der Waals surface area contributed by atoms with E-state index < -0.39 is 0 Å². The van der Waals surface area contributed by atoms with Gasteiger partial charge in [0.15, 0.2) is 0 Å². The van der Waals surface area contributed by atoms with Gasteiger partial charge in [-0.1, -0.05) is 57.0 Å². The van der Waals surface area contributed by atoms with Crippen LogP contribution >= 0.6 is 0 Å². The Kier molecular flexibility index (Phi) is 8.77. The molecule has 1 aromatic carbocycles. The van der Waals surface area contributed by atoms with Crippen LogP contribution in [0.25, 0.3) is 0 Å². The molecule has 0 aliphatic rings. The summed E-state index contributed by atoms with van der Waals surface area (Å²) in [6.45, 7) is 5.10. The summed E-state index contributed by atoms with van der Waals surface area (Å²) in [5, 5.41) is 3.09. The quantitative estimate of drug-likeness (QED) is 0.632. The monoisotopic (exact) mass is 275 g/mol.